The minimum Gasteiger partial charge on any atom is -0.464 e. The Bertz CT molecular complexity index is 420. The Morgan fingerprint density at radius 2 is 2.20 bits per heavy atom. The van der Waals surface area contributed by atoms with Crippen molar-refractivity contribution in [2.75, 3.05) is 32.5 Å². The molecular weight excluding hydrogens is 272 g/mol. The van der Waals surface area contributed by atoms with Gasteiger partial charge in [-0.25, -0.2) is 0 Å². The second-order valence-corrected chi connectivity index (χ2v) is 6.52. The van der Waals surface area contributed by atoms with Crippen LogP contribution in [0.3, 0.4) is 0 Å². The van der Waals surface area contributed by atoms with Crippen molar-refractivity contribution in [3.05, 3.63) is 23.7 Å². The summed E-state index contributed by atoms with van der Waals surface area (Å²) in [5.74, 6) is 3.02. The number of morpholine rings is 1. The summed E-state index contributed by atoms with van der Waals surface area (Å²) < 4.78 is 11.6. The van der Waals surface area contributed by atoms with Gasteiger partial charge in [0.2, 0.25) is 0 Å². The van der Waals surface area contributed by atoms with Crippen molar-refractivity contribution in [2.24, 2.45) is 0 Å². The second kappa shape index (κ2) is 6.98. The highest BCUT2D eigenvalue weighted by atomic mass is 32.2. The van der Waals surface area contributed by atoms with Crippen LogP contribution in [0.4, 0.5) is 0 Å². The number of hydrogen-bond donors (Lipinski definition) is 1. The number of hydrogen-bond acceptors (Lipinski definition) is 5. The standard InChI is InChI=1S/C15H24N2O2S/c1-20-11-14-5-4-13(19-14)8-16-9-15-10-17(6-7-18-15)12-2-3-12/h4-5,12,15-16H,2-3,6-11H2,1H3. The topological polar surface area (TPSA) is 37.6 Å². The van der Waals surface area contributed by atoms with Crippen LogP contribution < -0.4 is 5.32 Å². The molecule has 1 atom stereocenters. The van der Waals surface area contributed by atoms with E-state index in [4.69, 9.17) is 9.15 Å². The summed E-state index contributed by atoms with van der Waals surface area (Å²) in [6, 6.07) is 4.98. The van der Waals surface area contributed by atoms with Crippen molar-refractivity contribution in [1.29, 1.82) is 0 Å². The van der Waals surface area contributed by atoms with E-state index in [0.29, 0.717) is 6.10 Å². The lowest BCUT2D eigenvalue weighted by Crippen LogP contribution is -2.47. The van der Waals surface area contributed by atoms with Gasteiger partial charge in [0.05, 0.1) is 25.0 Å². The van der Waals surface area contributed by atoms with E-state index in [0.717, 1.165) is 56.1 Å². The molecule has 0 aromatic carbocycles. The molecule has 5 heteroatoms. The fourth-order valence-electron chi connectivity index (χ4n) is 2.73. The van der Waals surface area contributed by atoms with Crippen molar-refractivity contribution in [1.82, 2.24) is 10.2 Å². The molecule has 0 radical (unpaired) electrons. The third-order valence-electron chi connectivity index (χ3n) is 3.91. The summed E-state index contributed by atoms with van der Waals surface area (Å²) >= 11 is 1.78. The quantitative estimate of drug-likeness (QED) is 0.834. The van der Waals surface area contributed by atoms with Crippen molar-refractivity contribution in [2.45, 2.75) is 37.3 Å². The number of ether oxygens (including phenoxy) is 1. The molecule has 2 fully saturated rings. The molecule has 0 bridgehead atoms. The van der Waals surface area contributed by atoms with Crippen LogP contribution in [0.5, 0.6) is 0 Å². The number of nitrogens with one attached hydrogen (secondary N) is 1. The Balaban J connectivity index is 1.38. The largest absolute Gasteiger partial charge is 0.464 e. The molecule has 20 heavy (non-hydrogen) atoms. The van der Waals surface area contributed by atoms with Crippen molar-refractivity contribution in [3.8, 4) is 0 Å². The minimum absolute atomic E-state index is 0.324. The van der Waals surface area contributed by atoms with E-state index in [1.54, 1.807) is 11.8 Å². The van der Waals surface area contributed by atoms with Gasteiger partial charge in [-0.1, -0.05) is 0 Å². The zero-order valence-corrected chi connectivity index (χ0v) is 13.0. The molecule has 1 unspecified atom stereocenters. The van der Waals surface area contributed by atoms with Gasteiger partial charge >= 0.3 is 0 Å². The first-order chi connectivity index (χ1) is 9.85. The molecule has 1 saturated heterocycles. The maximum atomic E-state index is 5.83. The predicted molar refractivity (Wildman–Crippen MR) is 82.0 cm³/mol. The molecule has 1 aromatic heterocycles. The van der Waals surface area contributed by atoms with Crippen LogP contribution in [-0.4, -0.2) is 49.5 Å². The zero-order chi connectivity index (χ0) is 13.8. The van der Waals surface area contributed by atoms with Gasteiger partial charge in [-0.3, -0.25) is 4.90 Å². The first-order valence-corrected chi connectivity index (χ1v) is 8.87. The fourth-order valence-corrected chi connectivity index (χ4v) is 3.17. The molecule has 1 saturated carbocycles. The molecule has 1 N–H and O–H groups in total. The first-order valence-electron chi connectivity index (χ1n) is 7.48. The Labute approximate surface area is 125 Å². The smallest absolute Gasteiger partial charge is 0.118 e. The van der Waals surface area contributed by atoms with Gasteiger partial charge in [-0.05, 0) is 31.2 Å². The number of furan rings is 1. The molecule has 3 rings (SSSR count). The van der Waals surface area contributed by atoms with Gasteiger partial charge in [0.25, 0.3) is 0 Å². The van der Waals surface area contributed by atoms with E-state index in [2.05, 4.69) is 28.6 Å². The first kappa shape index (κ1) is 14.4. The van der Waals surface area contributed by atoms with Crippen LogP contribution in [0.1, 0.15) is 24.4 Å². The van der Waals surface area contributed by atoms with Crippen LogP contribution in [0.15, 0.2) is 16.5 Å². The molecule has 112 valence electrons. The SMILES string of the molecule is CSCc1ccc(CNCC2CN(C3CC3)CCO2)o1. The van der Waals surface area contributed by atoms with Gasteiger partial charge in [-0.15, -0.1) is 0 Å². The molecule has 4 nitrogen and oxygen atoms in total. The highest BCUT2D eigenvalue weighted by molar-refractivity contribution is 7.97. The molecule has 1 aromatic rings. The maximum absolute atomic E-state index is 5.83. The van der Waals surface area contributed by atoms with E-state index >= 15 is 0 Å². The summed E-state index contributed by atoms with van der Waals surface area (Å²) in [6.07, 6.45) is 5.17. The van der Waals surface area contributed by atoms with Crippen molar-refractivity contribution in [3.63, 3.8) is 0 Å². The van der Waals surface area contributed by atoms with E-state index in [-0.39, 0.29) is 0 Å². The van der Waals surface area contributed by atoms with E-state index in [9.17, 15) is 0 Å². The van der Waals surface area contributed by atoms with Gasteiger partial charge in [0, 0.05) is 25.7 Å². The molecule has 1 aliphatic carbocycles. The second-order valence-electron chi connectivity index (χ2n) is 5.65. The van der Waals surface area contributed by atoms with Crippen LogP contribution in [0.25, 0.3) is 0 Å². The predicted octanol–water partition coefficient (Wildman–Crippen LogP) is 2.10. The number of nitrogens with zero attached hydrogens (tertiary/aromatic N) is 1. The lowest BCUT2D eigenvalue weighted by atomic mass is 10.2. The molecule has 0 amide bonds. The van der Waals surface area contributed by atoms with Crippen LogP contribution in [0, 0.1) is 0 Å². The van der Waals surface area contributed by atoms with E-state index in [1.807, 2.05) is 0 Å². The summed E-state index contributed by atoms with van der Waals surface area (Å²) in [5, 5.41) is 3.45. The third kappa shape index (κ3) is 4.01. The van der Waals surface area contributed by atoms with Gasteiger partial charge in [-0.2, -0.15) is 11.8 Å². The Morgan fingerprint density at radius 1 is 1.35 bits per heavy atom. The number of thioether (sulfide) groups is 1. The van der Waals surface area contributed by atoms with Gasteiger partial charge < -0.3 is 14.5 Å². The molecule has 1 aliphatic heterocycles. The Hall–Kier alpha value is -0.490. The highest BCUT2D eigenvalue weighted by Crippen LogP contribution is 2.28. The minimum atomic E-state index is 0.324. The van der Waals surface area contributed by atoms with Crippen LogP contribution in [-0.2, 0) is 17.0 Å². The lowest BCUT2D eigenvalue weighted by molar-refractivity contribution is -0.0302. The Morgan fingerprint density at radius 3 is 3.00 bits per heavy atom. The fraction of sp³-hybridized carbons (Fsp3) is 0.733. The molecule has 2 heterocycles. The van der Waals surface area contributed by atoms with Crippen LogP contribution in [0.2, 0.25) is 0 Å². The molecule has 2 aliphatic rings. The van der Waals surface area contributed by atoms with Crippen LogP contribution >= 0.6 is 11.8 Å². The zero-order valence-electron chi connectivity index (χ0n) is 12.1. The van der Waals surface area contributed by atoms with Crippen molar-refractivity contribution >= 4 is 11.8 Å². The Kier molecular flexibility index (Phi) is 5.04. The number of rotatable bonds is 7. The average Bonchev–Trinajstić information content (AvgIpc) is 3.22. The summed E-state index contributed by atoms with van der Waals surface area (Å²) in [4.78, 5) is 2.58. The van der Waals surface area contributed by atoms with Crippen molar-refractivity contribution < 1.29 is 9.15 Å². The summed E-state index contributed by atoms with van der Waals surface area (Å²) in [5.41, 5.74) is 0. The molecular formula is C15H24N2O2S. The lowest BCUT2D eigenvalue weighted by Gasteiger charge is -2.33. The van der Waals surface area contributed by atoms with E-state index in [1.165, 1.54) is 12.8 Å². The van der Waals surface area contributed by atoms with E-state index < -0.39 is 0 Å². The summed E-state index contributed by atoms with van der Waals surface area (Å²) in [7, 11) is 0. The monoisotopic (exact) mass is 296 g/mol. The van der Waals surface area contributed by atoms with Gasteiger partial charge in [0.1, 0.15) is 11.5 Å². The average molecular weight is 296 g/mol. The molecule has 0 spiro atoms. The highest BCUT2D eigenvalue weighted by Gasteiger charge is 2.32. The maximum Gasteiger partial charge on any atom is 0.118 e. The third-order valence-corrected chi connectivity index (χ3v) is 4.48. The summed E-state index contributed by atoms with van der Waals surface area (Å²) in [6.45, 7) is 4.76. The van der Waals surface area contributed by atoms with Gasteiger partial charge in [0.15, 0.2) is 0 Å². The normalized spacial score (nSPS) is 24.1.